The Labute approximate surface area is 106 Å². The van der Waals surface area contributed by atoms with Gasteiger partial charge in [-0.05, 0) is 37.5 Å². The fourth-order valence-electron chi connectivity index (χ4n) is 2.15. The molecule has 1 saturated heterocycles. The molecule has 1 aromatic carbocycles. The fraction of sp³-hybridized carbons (Fsp3) is 0.500. The number of sulfonamides is 1. The van der Waals surface area contributed by atoms with Crippen molar-refractivity contribution in [2.75, 3.05) is 13.1 Å². The molecular weight excluding hydrogens is 257 g/mol. The van der Waals surface area contributed by atoms with Gasteiger partial charge in [0.15, 0.2) is 0 Å². The van der Waals surface area contributed by atoms with E-state index >= 15 is 0 Å². The molecule has 0 spiro atoms. The van der Waals surface area contributed by atoms with Crippen LogP contribution in [0.25, 0.3) is 0 Å². The SMILES string of the molecule is Cc1cc(S(=O)(=O)N2CCCC2)cc(CO)c1F. The Hall–Kier alpha value is -0.980. The highest BCUT2D eigenvalue weighted by molar-refractivity contribution is 7.89. The quantitative estimate of drug-likeness (QED) is 0.906. The van der Waals surface area contributed by atoms with E-state index in [0.29, 0.717) is 13.1 Å². The Balaban J connectivity index is 2.47. The Bertz CT molecular complexity index is 551. The number of benzene rings is 1. The van der Waals surface area contributed by atoms with Gasteiger partial charge in [0.2, 0.25) is 10.0 Å². The van der Waals surface area contributed by atoms with Gasteiger partial charge in [0.1, 0.15) is 5.82 Å². The molecule has 1 heterocycles. The van der Waals surface area contributed by atoms with Crippen LogP contribution >= 0.6 is 0 Å². The summed E-state index contributed by atoms with van der Waals surface area (Å²) in [4.78, 5) is 0.0624. The van der Waals surface area contributed by atoms with Crippen molar-refractivity contribution in [3.8, 4) is 0 Å². The van der Waals surface area contributed by atoms with E-state index in [-0.39, 0.29) is 16.0 Å². The summed E-state index contributed by atoms with van der Waals surface area (Å²) >= 11 is 0. The molecule has 0 radical (unpaired) electrons. The lowest BCUT2D eigenvalue weighted by molar-refractivity contribution is 0.275. The van der Waals surface area contributed by atoms with E-state index < -0.39 is 22.4 Å². The van der Waals surface area contributed by atoms with Gasteiger partial charge < -0.3 is 5.11 Å². The molecule has 1 fully saturated rings. The number of hydrogen-bond donors (Lipinski definition) is 1. The monoisotopic (exact) mass is 273 g/mol. The highest BCUT2D eigenvalue weighted by Gasteiger charge is 2.28. The van der Waals surface area contributed by atoms with E-state index in [1.165, 1.54) is 23.4 Å². The van der Waals surface area contributed by atoms with Crippen LogP contribution in [0.15, 0.2) is 17.0 Å². The number of hydrogen-bond acceptors (Lipinski definition) is 3. The van der Waals surface area contributed by atoms with Crippen LogP contribution in [0.3, 0.4) is 0 Å². The summed E-state index contributed by atoms with van der Waals surface area (Å²) in [6.45, 7) is 2.01. The Morgan fingerprint density at radius 1 is 1.33 bits per heavy atom. The molecule has 100 valence electrons. The van der Waals surface area contributed by atoms with Crippen LogP contribution in [0.5, 0.6) is 0 Å². The average Bonchev–Trinajstić information content (AvgIpc) is 2.86. The molecule has 0 amide bonds. The first kappa shape index (κ1) is 13.5. The van der Waals surface area contributed by atoms with Crippen molar-refractivity contribution in [1.29, 1.82) is 0 Å². The van der Waals surface area contributed by atoms with Crippen molar-refractivity contribution >= 4 is 10.0 Å². The minimum absolute atomic E-state index is 0.0211. The maximum absolute atomic E-state index is 13.6. The number of halogens is 1. The van der Waals surface area contributed by atoms with Gasteiger partial charge in [-0.25, -0.2) is 12.8 Å². The summed E-state index contributed by atoms with van der Waals surface area (Å²) in [6, 6.07) is 2.54. The maximum Gasteiger partial charge on any atom is 0.243 e. The lowest BCUT2D eigenvalue weighted by Crippen LogP contribution is -2.28. The van der Waals surface area contributed by atoms with Crippen molar-refractivity contribution in [3.05, 3.63) is 29.1 Å². The van der Waals surface area contributed by atoms with E-state index in [0.717, 1.165) is 12.8 Å². The third kappa shape index (κ3) is 2.28. The van der Waals surface area contributed by atoms with Crippen molar-refractivity contribution in [1.82, 2.24) is 4.31 Å². The predicted molar refractivity (Wildman–Crippen MR) is 65.1 cm³/mol. The Morgan fingerprint density at radius 3 is 2.50 bits per heavy atom. The molecule has 0 unspecified atom stereocenters. The first-order valence-corrected chi connectivity index (χ1v) is 7.31. The smallest absolute Gasteiger partial charge is 0.243 e. The molecule has 1 aliphatic rings. The van der Waals surface area contributed by atoms with E-state index in [4.69, 9.17) is 5.11 Å². The van der Waals surface area contributed by atoms with Crippen LogP contribution in [0, 0.1) is 12.7 Å². The molecule has 1 aliphatic heterocycles. The minimum atomic E-state index is -3.56. The van der Waals surface area contributed by atoms with Crippen LogP contribution in [0.1, 0.15) is 24.0 Å². The average molecular weight is 273 g/mol. The van der Waals surface area contributed by atoms with Gasteiger partial charge in [0, 0.05) is 18.7 Å². The molecule has 1 aromatic rings. The first-order chi connectivity index (χ1) is 8.46. The van der Waals surface area contributed by atoms with Gasteiger partial charge in [-0.2, -0.15) is 4.31 Å². The molecule has 0 bridgehead atoms. The molecular formula is C12H16FNO3S. The number of nitrogens with zero attached hydrogens (tertiary/aromatic N) is 1. The van der Waals surface area contributed by atoms with Crippen LogP contribution in [0.4, 0.5) is 4.39 Å². The molecule has 0 atom stereocenters. The summed E-state index contributed by atoms with van der Waals surface area (Å²) in [5.74, 6) is -0.544. The standard InChI is InChI=1S/C12H16FNO3S/c1-9-6-11(7-10(8-15)12(9)13)18(16,17)14-4-2-3-5-14/h6-7,15H,2-5,8H2,1H3. The molecule has 0 saturated carbocycles. The lowest BCUT2D eigenvalue weighted by atomic mass is 10.1. The molecule has 2 rings (SSSR count). The molecule has 6 heteroatoms. The van der Waals surface area contributed by atoms with Crippen LogP contribution in [0.2, 0.25) is 0 Å². The molecule has 18 heavy (non-hydrogen) atoms. The second kappa shape index (κ2) is 4.95. The van der Waals surface area contributed by atoms with Crippen LogP contribution in [-0.4, -0.2) is 30.9 Å². The summed E-state index contributed by atoms with van der Waals surface area (Å²) in [7, 11) is -3.56. The van der Waals surface area contributed by atoms with Crippen molar-refractivity contribution in [2.45, 2.75) is 31.3 Å². The normalized spacial score (nSPS) is 17.3. The van der Waals surface area contributed by atoms with Crippen LogP contribution in [-0.2, 0) is 16.6 Å². The largest absolute Gasteiger partial charge is 0.392 e. The third-order valence-corrected chi connectivity index (χ3v) is 5.05. The highest BCUT2D eigenvalue weighted by atomic mass is 32.2. The lowest BCUT2D eigenvalue weighted by Gasteiger charge is -2.17. The number of rotatable bonds is 3. The van der Waals surface area contributed by atoms with Gasteiger partial charge in [0.05, 0.1) is 11.5 Å². The zero-order chi connectivity index (χ0) is 13.3. The topological polar surface area (TPSA) is 57.6 Å². The highest BCUT2D eigenvalue weighted by Crippen LogP contribution is 2.24. The predicted octanol–water partition coefficient (Wildman–Crippen LogP) is 1.41. The van der Waals surface area contributed by atoms with E-state index in [1.54, 1.807) is 0 Å². The Morgan fingerprint density at radius 2 is 1.94 bits per heavy atom. The van der Waals surface area contributed by atoms with Gasteiger partial charge in [-0.3, -0.25) is 0 Å². The Kier molecular flexibility index (Phi) is 3.70. The zero-order valence-electron chi connectivity index (χ0n) is 10.2. The van der Waals surface area contributed by atoms with Gasteiger partial charge in [0.25, 0.3) is 0 Å². The minimum Gasteiger partial charge on any atom is -0.392 e. The van der Waals surface area contributed by atoms with Crippen molar-refractivity contribution in [2.24, 2.45) is 0 Å². The summed E-state index contributed by atoms with van der Waals surface area (Å²) < 4.78 is 39.6. The van der Waals surface area contributed by atoms with Crippen molar-refractivity contribution < 1.29 is 17.9 Å². The first-order valence-electron chi connectivity index (χ1n) is 5.87. The fourth-order valence-corrected chi connectivity index (χ4v) is 3.80. The van der Waals surface area contributed by atoms with E-state index in [9.17, 15) is 12.8 Å². The molecule has 0 aliphatic carbocycles. The third-order valence-electron chi connectivity index (χ3n) is 3.18. The summed E-state index contributed by atoms with van der Waals surface area (Å²) in [6.07, 6.45) is 1.71. The van der Waals surface area contributed by atoms with Crippen molar-refractivity contribution in [3.63, 3.8) is 0 Å². The molecule has 0 aromatic heterocycles. The summed E-state index contributed by atoms with van der Waals surface area (Å²) in [5.41, 5.74) is 0.257. The van der Waals surface area contributed by atoms with Gasteiger partial charge >= 0.3 is 0 Å². The molecule has 4 nitrogen and oxygen atoms in total. The van der Waals surface area contributed by atoms with Gasteiger partial charge in [-0.1, -0.05) is 0 Å². The van der Waals surface area contributed by atoms with E-state index in [1.807, 2.05) is 0 Å². The summed E-state index contributed by atoms with van der Waals surface area (Å²) in [5, 5.41) is 9.05. The van der Waals surface area contributed by atoms with E-state index in [2.05, 4.69) is 0 Å². The molecule has 1 N–H and O–H groups in total. The zero-order valence-corrected chi connectivity index (χ0v) is 11.0. The second-order valence-corrected chi connectivity index (χ2v) is 6.42. The number of aliphatic hydroxyl groups is 1. The second-order valence-electron chi connectivity index (χ2n) is 4.48. The van der Waals surface area contributed by atoms with Crippen LogP contribution < -0.4 is 0 Å². The number of aryl methyl sites for hydroxylation is 1. The van der Waals surface area contributed by atoms with Gasteiger partial charge in [-0.15, -0.1) is 0 Å². The maximum atomic E-state index is 13.6. The number of aliphatic hydroxyl groups excluding tert-OH is 1.